The fourth-order valence-electron chi connectivity index (χ4n) is 1.83. The van der Waals surface area contributed by atoms with Gasteiger partial charge in [-0.2, -0.15) is 0 Å². The molecule has 0 radical (unpaired) electrons. The molecule has 1 rings (SSSR count). The third kappa shape index (κ3) is 5.17. The maximum atomic E-state index is 11.8. The summed E-state index contributed by atoms with van der Waals surface area (Å²) in [5, 5.41) is 0. The number of hydrogen-bond acceptors (Lipinski definition) is 5. The van der Waals surface area contributed by atoms with Gasteiger partial charge in [0.1, 0.15) is 6.10 Å². The van der Waals surface area contributed by atoms with Crippen molar-refractivity contribution in [1.29, 1.82) is 0 Å². The highest BCUT2D eigenvalue weighted by molar-refractivity contribution is 5.83. The number of esters is 2. The van der Waals surface area contributed by atoms with Crippen LogP contribution in [0.25, 0.3) is 0 Å². The summed E-state index contributed by atoms with van der Waals surface area (Å²) in [5.74, 6) is -2.03. The molecule has 20 heavy (non-hydrogen) atoms. The molecule has 0 amide bonds. The summed E-state index contributed by atoms with van der Waals surface area (Å²) in [6.45, 7) is 12.6. The number of ether oxygens (including phenoxy) is 3. The topological polar surface area (TPSA) is 61.8 Å². The minimum atomic E-state index is -0.986. The van der Waals surface area contributed by atoms with Crippen molar-refractivity contribution in [2.24, 2.45) is 0 Å². The molecule has 1 heterocycles. The summed E-state index contributed by atoms with van der Waals surface area (Å²) >= 11 is 0. The average Bonchev–Trinajstić information content (AvgIpc) is 2.57. The first kappa shape index (κ1) is 16.4. The Morgan fingerprint density at radius 1 is 1.55 bits per heavy atom. The van der Waals surface area contributed by atoms with E-state index >= 15 is 0 Å². The molecular weight excluding hydrogens is 260 g/mol. The van der Waals surface area contributed by atoms with Crippen LogP contribution in [0.4, 0.5) is 0 Å². The van der Waals surface area contributed by atoms with Gasteiger partial charge in [-0.15, -0.1) is 6.58 Å². The van der Waals surface area contributed by atoms with E-state index in [2.05, 4.69) is 13.2 Å². The van der Waals surface area contributed by atoms with E-state index in [9.17, 15) is 9.59 Å². The molecule has 112 valence electrons. The van der Waals surface area contributed by atoms with Gasteiger partial charge in [0.05, 0.1) is 6.42 Å². The van der Waals surface area contributed by atoms with Gasteiger partial charge in [-0.05, 0) is 19.8 Å². The maximum absolute atomic E-state index is 11.8. The number of hydrogen-bond donors (Lipinski definition) is 0. The molecule has 1 saturated heterocycles. The molecule has 5 nitrogen and oxygen atoms in total. The molecule has 0 spiro atoms. The average molecular weight is 282 g/mol. The highest BCUT2D eigenvalue weighted by atomic mass is 16.8. The monoisotopic (exact) mass is 282 g/mol. The van der Waals surface area contributed by atoms with Crippen molar-refractivity contribution in [1.82, 2.24) is 0 Å². The van der Waals surface area contributed by atoms with Crippen LogP contribution in [-0.2, 0) is 23.8 Å². The smallest absolute Gasteiger partial charge is 0.338 e. The zero-order valence-corrected chi connectivity index (χ0v) is 12.3. The minimum absolute atomic E-state index is 0.153. The second kappa shape index (κ2) is 6.70. The van der Waals surface area contributed by atoms with Gasteiger partial charge in [0.25, 0.3) is 0 Å². The fraction of sp³-hybridized carbons (Fsp3) is 0.600. The van der Waals surface area contributed by atoms with Crippen LogP contribution >= 0.6 is 0 Å². The molecular formula is C15H22O5. The summed E-state index contributed by atoms with van der Waals surface area (Å²) < 4.78 is 15.5. The Morgan fingerprint density at radius 3 is 2.65 bits per heavy atom. The molecule has 0 saturated carbocycles. The van der Waals surface area contributed by atoms with Gasteiger partial charge in [0.2, 0.25) is 5.79 Å². The molecule has 0 bridgehead atoms. The Hall–Kier alpha value is -1.62. The quantitative estimate of drug-likeness (QED) is 0.530. The first-order valence-electron chi connectivity index (χ1n) is 6.60. The molecule has 5 heteroatoms. The summed E-state index contributed by atoms with van der Waals surface area (Å²) in [4.78, 5) is 23.3. The van der Waals surface area contributed by atoms with Crippen LogP contribution in [0.3, 0.4) is 0 Å². The van der Waals surface area contributed by atoms with Crippen molar-refractivity contribution in [3.63, 3.8) is 0 Å². The van der Waals surface area contributed by atoms with Crippen molar-refractivity contribution in [3.05, 3.63) is 24.8 Å². The maximum Gasteiger partial charge on any atom is 0.338 e. The molecule has 1 aliphatic rings. The first-order valence-corrected chi connectivity index (χ1v) is 6.60. The predicted molar refractivity (Wildman–Crippen MR) is 73.8 cm³/mol. The zero-order valence-electron chi connectivity index (χ0n) is 12.3. The predicted octanol–water partition coefficient (Wildman–Crippen LogP) is 2.51. The van der Waals surface area contributed by atoms with E-state index in [1.54, 1.807) is 19.9 Å². The highest BCUT2D eigenvalue weighted by Gasteiger charge is 2.42. The summed E-state index contributed by atoms with van der Waals surface area (Å²) in [6, 6.07) is 0. The largest absolute Gasteiger partial charge is 0.458 e. The van der Waals surface area contributed by atoms with Crippen LogP contribution in [0, 0.1) is 0 Å². The molecule has 0 N–H and O–H groups in total. The van der Waals surface area contributed by atoms with Crippen molar-refractivity contribution >= 4 is 11.9 Å². The lowest BCUT2D eigenvalue weighted by Gasteiger charge is -2.16. The molecule has 1 fully saturated rings. The Morgan fingerprint density at radius 2 is 2.20 bits per heavy atom. The third-order valence-electron chi connectivity index (χ3n) is 2.79. The fourth-order valence-corrected chi connectivity index (χ4v) is 1.83. The number of allylic oxidation sites excluding steroid dienone is 1. The third-order valence-corrected chi connectivity index (χ3v) is 2.79. The number of carbonyl (C=O) groups is 2. The van der Waals surface area contributed by atoms with E-state index in [-0.39, 0.29) is 12.5 Å². The standard InChI is InChI=1S/C15H22O5/c1-6-11(8-7-10(2)3)18-13(16)9-12-14(17)20-15(4,5)19-12/h6,11-12H,1-2,7-9H2,3-5H3/t11-,12+/m1/s1. The number of cyclic esters (lactones) is 1. The molecule has 0 unspecified atom stereocenters. The van der Waals surface area contributed by atoms with E-state index < -0.39 is 23.8 Å². The summed E-state index contributed by atoms with van der Waals surface area (Å²) in [7, 11) is 0. The lowest BCUT2D eigenvalue weighted by atomic mass is 10.1. The van der Waals surface area contributed by atoms with Crippen molar-refractivity contribution in [3.8, 4) is 0 Å². The van der Waals surface area contributed by atoms with Crippen molar-refractivity contribution < 1.29 is 23.8 Å². The normalized spacial score (nSPS) is 21.9. The summed E-state index contributed by atoms with van der Waals surface area (Å²) in [5.41, 5.74) is 1.01. The Balaban J connectivity index is 2.44. The molecule has 0 aliphatic carbocycles. The van der Waals surface area contributed by atoms with Crippen LogP contribution in [0.15, 0.2) is 24.8 Å². The molecule has 0 aromatic rings. The van der Waals surface area contributed by atoms with Gasteiger partial charge in [0.15, 0.2) is 6.10 Å². The van der Waals surface area contributed by atoms with E-state index in [0.717, 1.165) is 12.0 Å². The second-order valence-corrected chi connectivity index (χ2v) is 5.39. The SMILES string of the molecule is C=C[C@H](CCC(=C)C)OC(=O)C[C@@H]1OC(C)(C)OC1=O. The van der Waals surface area contributed by atoms with Crippen LogP contribution < -0.4 is 0 Å². The van der Waals surface area contributed by atoms with Gasteiger partial charge in [-0.3, -0.25) is 4.79 Å². The van der Waals surface area contributed by atoms with Gasteiger partial charge in [0, 0.05) is 13.8 Å². The van der Waals surface area contributed by atoms with Crippen LogP contribution in [0.5, 0.6) is 0 Å². The first-order chi connectivity index (χ1) is 9.23. The van der Waals surface area contributed by atoms with Gasteiger partial charge < -0.3 is 14.2 Å². The van der Waals surface area contributed by atoms with Crippen LogP contribution in [-0.4, -0.2) is 29.9 Å². The van der Waals surface area contributed by atoms with E-state index in [0.29, 0.717) is 6.42 Å². The highest BCUT2D eigenvalue weighted by Crippen LogP contribution is 2.25. The van der Waals surface area contributed by atoms with E-state index in [1.807, 2.05) is 6.92 Å². The summed E-state index contributed by atoms with van der Waals surface area (Å²) in [6.07, 6.45) is 1.51. The Bertz CT molecular complexity index is 410. The van der Waals surface area contributed by atoms with Gasteiger partial charge >= 0.3 is 11.9 Å². The molecule has 0 aromatic heterocycles. The van der Waals surface area contributed by atoms with Crippen LogP contribution in [0.2, 0.25) is 0 Å². The van der Waals surface area contributed by atoms with E-state index in [4.69, 9.17) is 14.2 Å². The minimum Gasteiger partial charge on any atom is -0.458 e. The van der Waals surface area contributed by atoms with E-state index in [1.165, 1.54) is 0 Å². The Labute approximate surface area is 119 Å². The van der Waals surface area contributed by atoms with Gasteiger partial charge in [-0.1, -0.05) is 18.2 Å². The van der Waals surface area contributed by atoms with Crippen LogP contribution in [0.1, 0.15) is 40.0 Å². The van der Waals surface area contributed by atoms with Crippen molar-refractivity contribution in [2.75, 3.05) is 0 Å². The number of rotatable bonds is 7. The molecule has 0 aromatic carbocycles. The molecule has 2 atom stereocenters. The number of carbonyl (C=O) groups excluding carboxylic acids is 2. The molecule has 1 aliphatic heterocycles. The Kier molecular flexibility index (Phi) is 5.51. The lowest BCUT2D eigenvalue weighted by Crippen LogP contribution is -2.26. The van der Waals surface area contributed by atoms with Gasteiger partial charge in [-0.25, -0.2) is 4.79 Å². The van der Waals surface area contributed by atoms with Crippen molar-refractivity contribution in [2.45, 2.75) is 58.0 Å². The second-order valence-electron chi connectivity index (χ2n) is 5.39. The zero-order chi connectivity index (χ0) is 15.3. The lowest BCUT2D eigenvalue weighted by molar-refractivity contribution is -0.161.